The van der Waals surface area contributed by atoms with Crippen molar-refractivity contribution in [2.24, 2.45) is 0 Å². The third-order valence-electron chi connectivity index (χ3n) is 6.76. The van der Waals surface area contributed by atoms with E-state index in [1.165, 1.54) is 0 Å². The van der Waals surface area contributed by atoms with Gasteiger partial charge in [-0.1, -0.05) is 29.8 Å². The Labute approximate surface area is 202 Å². The predicted octanol–water partition coefficient (Wildman–Crippen LogP) is 6.40. The molecule has 2 atom stereocenters. The number of furan rings is 2. The summed E-state index contributed by atoms with van der Waals surface area (Å²) >= 11 is 0. The van der Waals surface area contributed by atoms with Crippen LogP contribution < -0.4 is 10.2 Å². The molecule has 0 unspecified atom stereocenters. The summed E-state index contributed by atoms with van der Waals surface area (Å²) in [5.74, 6) is 1.02. The van der Waals surface area contributed by atoms with Crippen LogP contribution in [0.1, 0.15) is 52.2 Å². The van der Waals surface area contributed by atoms with Gasteiger partial charge in [0.25, 0.3) is 5.91 Å². The van der Waals surface area contributed by atoms with Gasteiger partial charge in [0, 0.05) is 29.2 Å². The number of anilines is 2. The van der Waals surface area contributed by atoms with Crippen molar-refractivity contribution in [1.82, 2.24) is 0 Å². The van der Waals surface area contributed by atoms with Crippen LogP contribution in [0.2, 0.25) is 0 Å². The zero-order chi connectivity index (χ0) is 23.9. The van der Waals surface area contributed by atoms with E-state index in [9.17, 15) is 9.59 Å². The highest BCUT2D eigenvalue weighted by Gasteiger charge is 2.43. The Morgan fingerprint density at radius 2 is 1.60 bits per heavy atom. The Morgan fingerprint density at radius 1 is 0.886 bits per heavy atom. The highest BCUT2D eigenvalue weighted by molar-refractivity contribution is 6.11. The number of carbonyl (C=O) groups excluding carboxylic acids is 2. The van der Waals surface area contributed by atoms with Gasteiger partial charge in [-0.15, -0.1) is 0 Å². The maximum absolute atomic E-state index is 14.1. The number of aryl methyl sites for hydroxylation is 1. The number of nitrogens with zero attached hydrogens (tertiary/aromatic N) is 1. The van der Waals surface area contributed by atoms with Gasteiger partial charge in [-0.2, -0.15) is 0 Å². The maximum atomic E-state index is 14.1. The summed E-state index contributed by atoms with van der Waals surface area (Å²) in [7, 11) is 0. The number of amides is 1. The standard InChI is InChI=1S/C29H24N2O4/c1-18-10-12-19(13-11-18)29(33)31-23-7-3-2-6-21(23)30-22-16-20(25-8-4-14-34-25)17-24(32)27(22)28(31)26-9-5-15-35-26/h2-15,20,28,30H,16-17H2,1H3/t20-,28+/m1/s1. The first-order valence-electron chi connectivity index (χ1n) is 11.7. The van der Waals surface area contributed by atoms with Gasteiger partial charge in [0.15, 0.2) is 5.78 Å². The van der Waals surface area contributed by atoms with Crippen LogP contribution in [-0.4, -0.2) is 11.7 Å². The highest BCUT2D eigenvalue weighted by atomic mass is 16.3. The quantitative estimate of drug-likeness (QED) is 0.380. The second-order valence-electron chi connectivity index (χ2n) is 9.04. The molecule has 2 aromatic carbocycles. The van der Waals surface area contributed by atoms with Crippen LogP contribution in [0, 0.1) is 6.92 Å². The van der Waals surface area contributed by atoms with Crippen LogP contribution >= 0.6 is 0 Å². The minimum absolute atomic E-state index is 0.0314. The van der Waals surface area contributed by atoms with Crippen molar-refractivity contribution in [1.29, 1.82) is 0 Å². The van der Waals surface area contributed by atoms with E-state index >= 15 is 0 Å². The maximum Gasteiger partial charge on any atom is 0.259 e. The first-order valence-corrected chi connectivity index (χ1v) is 11.7. The zero-order valence-electron chi connectivity index (χ0n) is 19.2. The molecule has 1 amide bonds. The van der Waals surface area contributed by atoms with Crippen molar-refractivity contribution in [3.63, 3.8) is 0 Å². The average Bonchev–Trinajstić information content (AvgIpc) is 3.57. The number of rotatable bonds is 3. The lowest BCUT2D eigenvalue weighted by molar-refractivity contribution is -0.116. The topological polar surface area (TPSA) is 75.7 Å². The van der Waals surface area contributed by atoms with E-state index in [1.54, 1.807) is 23.5 Å². The Hall–Kier alpha value is -4.32. The predicted molar refractivity (Wildman–Crippen MR) is 132 cm³/mol. The van der Waals surface area contributed by atoms with E-state index in [0.717, 1.165) is 22.7 Å². The largest absolute Gasteiger partial charge is 0.469 e. The molecule has 0 bridgehead atoms. The van der Waals surface area contributed by atoms with Crippen molar-refractivity contribution < 1.29 is 18.4 Å². The number of fused-ring (bicyclic) bond motifs is 1. The Kier molecular flexibility index (Phi) is 5.14. The number of hydrogen-bond donors (Lipinski definition) is 1. The number of para-hydroxylation sites is 2. The number of benzene rings is 2. The van der Waals surface area contributed by atoms with Crippen LogP contribution in [0.5, 0.6) is 0 Å². The lowest BCUT2D eigenvalue weighted by Crippen LogP contribution is -2.38. The summed E-state index contributed by atoms with van der Waals surface area (Å²) in [6, 6.07) is 21.8. The number of nitrogens with one attached hydrogen (secondary N) is 1. The van der Waals surface area contributed by atoms with Crippen molar-refractivity contribution >= 4 is 23.1 Å². The molecule has 0 fully saturated rings. The normalized spacial score (nSPS) is 19.6. The van der Waals surface area contributed by atoms with Gasteiger partial charge in [-0.25, -0.2) is 0 Å². The molecule has 0 spiro atoms. The fourth-order valence-corrected chi connectivity index (χ4v) is 5.09. The average molecular weight is 465 g/mol. The first kappa shape index (κ1) is 21.2. The zero-order valence-corrected chi connectivity index (χ0v) is 19.2. The summed E-state index contributed by atoms with van der Waals surface area (Å²) in [6.07, 6.45) is 4.10. The van der Waals surface area contributed by atoms with Gasteiger partial charge < -0.3 is 14.2 Å². The van der Waals surface area contributed by atoms with Crippen molar-refractivity contribution in [3.05, 3.63) is 119 Å². The second kappa shape index (κ2) is 8.47. The summed E-state index contributed by atoms with van der Waals surface area (Å²) in [5.41, 5.74) is 4.41. The van der Waals surface area contributed by atoms with Crippen molar-refractivity contribution in [2.75, 3.05) is 10.2 Å². The molecule has 0 saturated heterocycles. The third-order valence-corrected chi connectivity index (χ3v) is 6.76. The molecular formula is C29H24N2O4. The van der Waals surface area contributed by atoms with Gasteiger partial charge in [-0.05, 0) is 61.9 Å². The minimum atomic E-state index is -0.699. The molecular weight excluding hydrogens is 440 g/mol. The Morgan fingerprint density at radius 3 is 2.31 bits per heavy atom. The van der Waals surface area contributed by atoms with Gasteiger partial charge in [-0.3, -0.25) is 14.5 Å². The van der Waals surface area contributed by atoms with Crippen molar-refractivity contribution in [2.45, 2.75) is 31.7 Å². The first-order chi connectivity index (χ1) is 17.1. The number of carbonyl (C=O) groups is 2. The fourth-order valence-electron chi connectivity index (χ4n) is 5.09. The highest BCUT2D eigenvalue weighted by Crippen LogP contribution is 2.47. The molecule has 1 N–H and O–H groups in total. The fraction of sp³-hybridized carbons (Fsp3) is 0.172. The lowest BCUT2D eigenvalue weighted by Gasteiger charge is -2.33. The van der Waals surface area contributed by atoms with Gasteiger partial charge >= 0.3 is 0 Å². The smallest absolute Gasteiger partial charge is 0.259 e. The van der Waals surface area contributed by atoms with Crippen LogP contribution in [0.4, 0.5) is 11.4 Å². The molecule has 4 aromatic rings. The molecule has 6 heteroatoms. The van der Waals surface area contributed by atoms with E-state index in [0.29, 0.717) is 35.4 Å². The molecule has 2 aliphatic rings. The number of ketones is 1. The number of hydrogen-bond acceptors (Lipinski definition) is 5. The van der Waals surface area contributed by atoms with Gasteiger partial charge in [0.1, 0.15) is 17.6 Å². The number of allylic oxidation sites excluding steroid dienone is 1. The summed E-state index contributed by atoms with van der Waals surface area (Å²) in [5, 5.41) is 3.50. The molecule has 3 heterocycles. The third kappa shape index (κ3) is 3.67. The molecule has 1 aliphatic heterocycles. The lowest BCUT2D eigenvalue weighted by atomic mass is 9.81. The number of Topliss-reactive ketones (excluding diaryl/α,β-unsaturated/α-hetero) is 1. The van der Waals surface area contributed by atoms with Gasteiger partial charge in [0.2, 0.25) is 0 Å². The molecule has 6 nitrogen and oxygen atoms in total. The van der Waals surface area contributed by atoms with Gasteiger partial charge in [0.05, 0.1) is 23.9 Å². The Balaban J connectivity index is 1.55. The summed E-state index contributed by atoms with van der Waals surface area (Å²) < 4.78 is 11.5. The summed E-state index contributed by atoms with van der Waals surface area (Å²) in [4.78, 5) is 29.5. The van der Waals surface area contributed by atoms with E-state index in [2.05, 4.69) is 5.32 Å². The SMILES string of the molecule is Cc1ccc(C(=O)N2c3ccccc3NC3=C(C(=O)C[C@H](c4ccco4)C3)[C@@H]2c2ccco2)cc1. The second-order valence-corrected chi connectivity index (χ2v) is 9.04. The molecule has 1 aliphatic carbocycles. The van der Waals surface area contributed by atoms with Crippen LogP contribution in [-0.2, 0) is 4.79 Å². The summed E-state index contributed by atoms with van der Waals surface area (Å²) in [6.45, 7) is 1.98. The van der Waals surface area contributed by atoms with Crippen LogP contribution in [0.25, 0.3) is 0 Å². The molecule has 174 valence electrons. The van der Waals surface area contributed by atoms with Crippen LogP contribution in [0.15, 0.2) is 105 Å². The molecule has 6 rings (SSSR count). The van der Waals surface area contributed by atoms with E-state index in [-0.39, 0.29) is 17.6 Å². The monoisotopic (exact) mass is 464 g/mol. The van der Waals surface area contributed by atoms with E-state index < -0.39 is 6.04 Å². The molecule has 35 heavy (non-hydrogen) atoms. The van der Waals surface area contributed by atoms with E-state index in [4.69, 9.17) is 8.83 Å². The molecule has 0 saturated carbocycles. The van der Waals surface area contributed by atoms with Crippen LogP contribution in [0.3, 0.4) is 0 Å². The Bertz CT molecular complexity index is 1420. The molecule has 0 radical (unpaired) electrons. The minimum Gasteiger partial charge on any atom is -0.469 e. The van der Waals surface area contributed by atoms with Crippen molar-refractivity contribution in [3.8, 4) is 0 Å². The molecule has 2 aromatic heterocycles. The van der Waals surface area contributed by atoms with E-state index in [1.807, 2.05) is 73.7 Å².